The smallest absolute Gasteiger partial charge is 0.320 e. The Hall–Kier alpha value is -0.870. The maximum atomic E-state index is 10.8. The van der Waals surface area contributed by atoms with Crippen LogP contribution in [0.15, 0.2) is 30.3 Å². The zero-order chi connectivity index (χ0) is 12.2. The van der Waals surface area contributed by atoms with E-state index in [0.29, 0.717) is 6.61 Å². The largest absolute Gasteiger partial charge is 0.480 e. The monoisotopic (exact) mass is 286 g/mol. The van der Waals surface area contributed by atoms with Gasteiger partial charge in [-0.1, -0.05) is 46.3 Å². The zero-order valence-corrected chi connectivity index (χ0v) is 10.9. The Morgan fingerprint density at radius 1 is 1.44 bits per heavy atom. The molecular weight excluding hydrogens is 272 g/mol. The Balaban J connectivity index is 2.57. The van der Waals surface area contributed by atoms with Crippen LogP contribution in [0.1, 0.15) is 19.4 Å². The topological polar surface area (TPSA) is 46.5 Å². The van der Waals surface area contributed by atoms with Gasteiger partial charge in [0.2, 0.25) is 0 Å². The lowest BCUT2D eigenvalue weighted by Crippen LogP contribution is -2.40. The molecule has 4 heteroatoms. The molecular formula is C12H15BrO3. The van der Waals surface area contributed by atoms with Crippen molar-refractivity contribution >= 4 is 21.9 Å². The summed E-state index contributed by atoms with van der Waals surface area (Å²) in [6.07, 6.45) is 0. The molecule has 0 bridgehead atoms. The standard InChI is InChI=1S/C12H15BrO3/c1-12(2,10(13)11(14)15)16-8-9-6-4-3-5-7-9/h3-7,10H,8H2,1-2H3,(H,14,15). The molecule has 1 unspecified atom stereocenters. The van der Waals surface area contributed by atoms with Gasteiger partial charge in [-0.3, -0.25) is 4.79 Å². The SMILES string of the molecule is CC(C)(OCc1ccccc1)C(Br)C(=O)O. The first-order valence-corrected chi connectivity index (χ1v) is 5.90. The molecule has 0 saturated carbocycles. The van der Waals surface area contributed by atoms with Gasteiger partial charge in [-0.15, -0.1) is 0 Å². The molecule has 1 aromatic rings. The highest BCUT2D eigenvalue weighted by Gasteiger charge is 2.33. The van der Waals surface area contributed by atoms with Gasteiger partial charge < -0.3 is 9.84 Å². The van der Waals surface area contributed by atoms with Crippen LogP contribution in [0, 0.1) is 0 Å². The van der Waals surface area contributed by atoms with Crippen molar-refractivity contribution in [3.63, 3.8) is 0 Å². The number of hydrogen-bond acceptors (Lipinski definition) is 2. The molecule has 1 rings (SSSR count). The van der Waals surface area contributed by atoms with E-state index in [1.165, 1.54) is 0 Å². The molecule has 0 aliphatic carbocycles. The van der Waals surface area contributed by atoms with E-state index in [1.54, 1.807) is 13.8 Å². The van der Waals surface area contributed by atoms with Crippen molar-refractivity contribution in [2.45, 2.75) is 30.9 Å². The second kappa shape index (κ2) is 5.46. The molecule has 0 fully saturated rings. The van der Waals surface area contributed by atoms with Gasteiger partial charge in [-0.25, -0.2) is 0 Å². The van der Waals surface area contributed by atoms with E-state index >= 15 is 0 Å². The first-order chi connectivity index (χ1) is 7.43. The summed E-state index contributed by atoms with van der Waals surface area (Å²) in [7, 11) is 0. The molecule has 0 radical (unpaired) electrons. The Kier molecular flexibility index (Phi) is 4.50. The van der Waals surface area contributed by atoms with E-state index in [4.69, 9.17) is 9.84 Å². The number of rotatable bonds is 5. The van der Waals surface area contributed by atoms with Crippen molar-refractivity contribution in [3.8, 4) is 0 Å². The number of hydrogen-bond donors (Lipinski definition) is 1. The molecule has 0 aliphatic heterocycles. The number of carboxylic acid groups (broad SMARTS) is 1. The minimum atomic E-state index is -0.918. The Labute approximate surface area is 104 Å². The summed E-state index contributed by atoms with van der Waals surface area (Å²) >= 11 is 3.11. The van der Waals surface area contributed by atoms with Crippen molar-refractivity contribution in [3.05, 3.63) is 35.9 Å². The van der Waals surface area contributed by atoms with Gasteiger partial charge in [0.15, 0.2) is 0 Å². The van der Waals surface area contributed by atoms with E-state index in [0.717, 1.165) is 5.56 Å². The van der Waals surface area contributed by atoms with Gasteiger partial charge in [0.05, 0.1) is 12.2 Å². The minimum absolute atomic E-state index is 0.406. The summed E-state index contributed by atoms with van der Waals surface area (Å²) < 4.78 is 5.61. The molecule has 0 aromatic heterocycles. The van der Waals surface area contributed by atoms with Crippen LogP contribution in [0.4, 0.5) is 0 Å². The van der Waals surface area contributed by atoms with Crippen molar-refractivity contribution in [1.82, 2.24) is 0 Å². The van der Waals surface area contributed by atoms with Crippen LogP contribution in [0.5, 0.6) is 0 Å². The van der Waals surface area contributed by atoms with Crippen LogP contribution < -0.4 is 0 Å². The van der Waals surface area contributed by atoms with E-state index in [9.17, 15) is 4.79 Å². The average molecular weight is 287 g/mol. The number of benzene rings is 1. The average Bonchev–Trinajstić information content (AvgIpc) is 2.27. The molecule has 1 atom stereocenters. The van der Waals surface area contributed by atoms with Crippen LogP contribution >= 0.6 is 15.9 Å². The molecule has 88 valence electrons. The third-order valence-corrected chi connectivity index (χ3v) is 3.78. The van der Waals surface area contributed by atoms with Gasteiger partial charge in [0, 0.05) is 0 Å². The third-order valence-electron chi connectivity index (χ3n) is 2.28. The van der Waals surface area contributed by atoms with Crippen LogP contribution in [-0.4, -0.2) is 21.5 Å². The maximum Gasteiger partial charge on any atom is 0.320 e. The minimum Gasteiger partial charge on any atom is -0.480 e. The Bertz CT molecular complexity index is 349. The number of halogens is 1. The molecule has 1 N–H and O–H groups in total. The first-order valence-electron chi connectivity index (χ1n) is 4.98. The normalized spacial score (nSPS) is 13.4. The number of carboxylic acids is 1. The number of carbonyl (C=O) groups is 1. The fourth-order valence-electron chi connectivity index (χ4n) is 1.21. The summed E-state index contributed by atoms with van der Waals surface area (Å²) in [4.78, 5) is 10.1. The first kappa shape index (κ1) is 13.2. The van der Waals surface area contributed by atoms with E-state index < -0.39 is 16.4 Å². The second-order valence-electron chi connectivity index (χ2n) is 4.08. The van der Waals surface area contributed by atoms with E-state index in [2.05, 4.69) is 15.9 Å². The molecule has 0 aliphatic rings. The fraction of sp³-hybridized carbons (Fsp3) is 0.417. The highest BCUT2D eigenvalue weighted by atomic mass is 79.9. The quantitative estimate of drug-likeness (QED) is 0.847. The summed E-state index contributed by atoms with van der Waals surface area (Å²) in [6, 6.07) is 9.67. The van der Waals surface area contributed by atoms with Crippen LogP contribution in [0.3, 0.4) is 0 Å². The van der Waals surface area contributed by atoms with Crippen LogP contribution in [-0.2, 0) is 16.1 Å². The molecule has 0 saturated heterocycles. The van der Waals surface area contributed by atoms with Crippen LogP contribution in [0.2, 0.25) is 0 Å². The van der Waals surface area contributed by atoms with Crippen molar-refractivity contribution in [2.24, 2.45) is 0 Å². The lowest BCUT2D eigenvalue weighted by Gasteiger charge is -2.28. The number of alkyl halides is 1. The lowest BCUT2D eigenvalue weighted by molar-refractivity contribution is -0.142. The predicted molar refractivity (Wildman–Crippen MR) is 65.7 cm³/mol. The molecule has 3 nitrogen and oxygen atoms in total. The molecule has 0 spiro atoms. The number of aliphatic carboxylic acids is 1. The highest BCUT2D eigenvalue weighted by molar-refractivity contribution is 9.10. The van der Waals surface area contributed by atoms with Gasteiger partial charge >= 0.3 is 5.97 Å². The lowest BCUT2D eigenvalue weighted by atomic mass is 10.1. The van der Waals surface area contributed by atoms with Gasteiger partial charge in [-0.05, 0) is 19.4 Å². The molecule has 1 aromatic carbocycles. The van der Waals surface area contributed by atoms with Crippen molar-refractivity contribution in [2.75, 3.05) is 0 Å². The number of ether oxygens (including phenoxy) is 1. The van der Waals surface area contributed by atoms with Crippen molar-refractivity contribution in [1.29, 1.82) is 0 Å². The Morgan fingerprint density at radius 3 is 2.50 bits per heavy atom. The molecule has 0 heterocycles. The van der Waals surface area contributed by atoms with Gasteiger partial charge in [0.25, 0.3) is 0 Å². The fourth-order valence-corrected chi connectivity index (χ4v) is 1.35. The van der Waals surface area contributed by atoms with Crippen LogP contribution in [0.25, 0.3) is 0 Å². The zero-order valence-electron chi connectivity index (χ0n) is 9.31. The predicted octanol–water partition coefficient (Wildman–Crippen LogP) is 2.83. The third kappa shape index (κ3) is 3.61. The summed E-state index contributed by atoms with van der Waals surface area (Å²) in [6.45, 7) is 3.91. The molecule has 16 heavy (non-hydrogen) atoms. The Morgan fingerprint density at radius 2 is 2.00 bits per heavy atom. The second-order valence-corrected chi connectivity index (χ2v) is 4.99. The van der Waals surface area contributed by atoms with Crippen molar-refractivity contribution < 1.29 is 14.6 Å². The molecule has 0 amide bonds. The summed E-state index contributed by atoms with van der Waals surface area (Å²) in [5.74, 6) is -0.918. The maximum absolute atomic E-state index is 10.8. The van der Waals surface area contributed by atoms with E-state index in [-0.39, 0.29) is 0 Å². The van der Waals surface area contributed by atoms with Gasteiger partial charge in [-0.2, -0.15) is 0 Å². The summed E-state index contributed by atoms with van der Waals surface area (Å²) in [5, 5.41) is 8.89. The van der Waals surface area contributed by atoms with Gasteiger partial charge in [0.1, 0.15) is 4.83 Å². The summed E-state index contributed by atoms with van der Waals surface area (Å²) in [5.41, 5.74) is 0.280. The van der Waals surface area contributed by atoms with E-state index in [1.807, 2.05) is 30.3 Å². The highest BCUT2D eigenvalue weighted by Crippen LogP contribution is 2.23.